The van der Waals surface area contributed by atoms with Gasteiger partial charge in [-0.3, -0.25) is 0 Å². The average molecular weight is 306 g/mol. The number of para-hydroxylation sites is 1. The first-order chi connectivity index (χ1) is 10.3. The molecule has 0 spiro atoms. The molecule has 21 heavy (non-hydrogen) atoms. The number of aryl methyl sites for hydroxylation is 1. The van der Waals surface area contributed by atoms with Crippen LogP contribution in [0, 0.1) is 0 Å². The topological polar surface area (TPSA) is 3.24 Å². The molecular formula is C19H31NS. The van der Waals surface area contributed by atoms with Crippen LogP contribution in [0.4, 0.5) is 5.69 Å². The van der Waals surface area contributed by atoms with Crippen molar-refractivity contribution in [3.63, 3.8) is 0 Å². The Kier molecular flexibility index (Phi) is 7.49. The monoisotopic (exact) mass is 305 g/mol. The Hall–Kier alpha value is -0.630. The number of unbranched alkanes of at least 4 members (excludes halogenated alkanes) is 6. The lowest BCUT2D eigenvalue weighted by molar-refractivity contribution is 0.529. The zero-order valence-corrected chi connectivity index (χ0v) is 14.5. The zero-order chi connectivity index (χ0) is 14.9. The van der Waals surface area contributed by atoms with E-state index in [9.17, 15) is 0 Å². The number of hydrogen-bond acceptors (Lipinski definition) is 2. The van der Waals surface area contributed by atoms with Crippen molar-refractivity contribution in [1.82, 2.24) is 0 Å². The Morgan fingerprint density at radius 1 is 1.00 bits per heavy atom. The summed E-state index contributed by atoms with van der Waals surface area (Å²) in [7, 11) is 0. The molecule has 2 heteroatoms. The second kappa shape index (κ2) is 9.40. The fraction of sp³-hybridized carbons (Fsp3) is 0.684. The third-order valence-corrected chi connectivity index (χ3v) is 5.04. The van der Waals surface area contributed by atoms with Gasteiger partial charge < -0.3 is 4.90 Å². The van der Waals surface area contributed by atoms with Gasteiger partial charge in [0.1, 0.15) is 0 Å². The Balaban J connectivity index is 1.68. The molecule has 1 aliphatic heterocycles. The highest BCUT2D eigenvalue weighted by Crippen LogP contribution is 2.30. The van der Waals surface area contributed by atoms with Gasteiger partial charge in [0.05, 0.1) is 0 Å². The Bertz CT molecular complexity index is 404. The molecule has 1 unspecified atom stereocenters. The second-order valence-corrected chi connectivity index (χ2v) is 6.86. The zero-order valence-electron chi connectivity index (χ0n) is 13.6. The summed E-state index contributed by atoms with van der Waals surface area (Å²) < 4.78 is 0. The Morgan fingerprint density at radius 2 is 1.67 bits per heavy atom. The fourth-order valence-electron chi connectivity index (χ4n) is 3.38. The van der Waals surface area contributed by atoms with Gasteiger partial charge in [-0.15, -0.1) is 0 Å². The lowest BCUT2D eigenvalue weighted by atomic mass is 9.96. The van der Waals surface area contributed by atoms with Crippen LogP contribution in [0.5, 0.6) is 0 Å². The summed E-state index contributed by atoms with van der Waals surface area (Å²) in [6.45, 7) is 3.61. The number of fused-ring (bicyclic) bond motifs is 1. The van der Waals surface area contributed by atoms with E-state index in [1.54, 1.807) is 5.56 Å². The number of thiol groups is 1. The lowest BCUT2D eigenvalue weighted by Gasteiger charge is -2.37. The van der Waals surface area contributed by atoms with Crippen LogP contribution in [0.2, 0.25) is 0 Å². The lowest BCUT2D eigenvalue weighted by Crippen LogP contribution is -2.37. The van der Waals surface area contributed by atoms with E-state index >= 15 is 0 Å². The highest BCUT2D eigenvalue weighted by atomic mass is 32.1. The molecule has 2 rings (SSSR count). The molecule has 0 bridgehead atoms. The maximum Gasteiger partial charge on any atom is 0.0401 e. The third kappa shape index (κ3) is 5.25. The number of nitrogens with zero attached hydrogens (tertiary/aromatic N) is 1. The summed E-state index contributed by atoms with van der Waals surface area (Å²) >= 11 is 4.26. The highest BCUT2D eigenvalue weighted by molar-refractivity contribution is 7.80. The fourth-order valence-corrected chi connectivity index (χ4v) is 3.60. The molecule has 1 nitrogen and oxygen atoms in total. The molecule has 1 aromatic carbocycles. The first kappa shape index (κ1) is 16.7. The van der Waals surface area contributed by atoms with Crippen LogP contribution in [-0.4, -0.2) is 18.3 Å². The van der Waals surface area contributed by atoms with Gasteiger partial charge in [0.2, 0.25) is 0 Å². The van der Waals surface area contributed by atoms with E-state index in [-0.39, 0.29) is 0 Å². The number of rotatable bonds is 9. The predicted octanol–water partition coefficient (Wildman–Crippen LogP) is 5.49. The van der Waals surface area contributed by atoms with E-state index in [1.165, 1.54) is 70.0 Å². The predicted molar refractivity (Wildman–Crippen MR) is 97.7 cm³/mol. The molecule has 0 fully saturated rings. The Morgan fingerprint density at radius 3 is 2.43 bits per heavy atom. The van der Waals surface area contributed by atoms with Crippen LogP contribution in [0.25, 0.3) is 0 Å². The molecule has 0 N–H and O–H groups in total. The molecule has 0 radical (unpaired) electrons. The first-order valence-electron chi connectivity index (χ1n) is 8.78. The molecule has 0 saturated carbocycles. The molecule has 1 aromatic rings. The van der Waals surface area contributed by atoms with Crippen LogP contribution >= 0.6 is 12.6 Å². The van der Waals surface area contributed by atoms with E-state index in [4.69, 9.17) is 0 Å². The summed E-state index contributed by atoms with van der Waals surface area (Å²) in [5, 5.41) is 0. The largest absolute Gasteiger partial charge is 0.369 e. The molecule has 0 saturated heterocycles. The molecule has 118 valence electrons. The average Bonchev–Trinajstić information content (AvgIpc) is 2.51. The molecule has 0 amide bonds. The van der Waals surface area contributed by atoms with Gasteiger partial charge in [0.25, 0.3) is 0 Å². The molecule has 1 atom stereocenters. The van der Waals surface area contributed by atoms with E-state index in [0.717, 1.165) is 5.75 Å². The summed E-state index contributed by atoms with van der Waals surface area (Å²) in [5.41, 5.74) is 3.03. The SMILES string of the molecule is CC1CCc2ccccc2N1CCCCCCCCCS. The molecule has 0 aliphatic carbocycles. The molecule has 1 heterocycles. The minimum Gasteiger partial charge on any atom is -0.369 e. The number of hydrogen-bond donors (Lipinski definition) is 1. The van der Waals surface area contributed by atoms with E-state index in [1.807, 2.05) is 0 Å². The summed E-state index contributed by atoms with van der Waals surface area (Å²) in [6.07, 6.45) is 12.1. The minimum atomic E-state index is 0.704. The van der Waals surface area contributed by atoms with Gasteiger partial charge in [0, 0.05) is 18.3 Å². The van der Waals surface area contributed by atoms with E-state index in [2.05, 4.69) is 48.7 Å². The van der Waals surface area contributed by atoms with Crippen molar-refractivity contribution >= 4 is 18.3 Å². The molecule has 0 aromatic heterocycles. The Labute approximate surface area is 136 Å². The van der Waals surface area contributed by atoms with Crippen LogP contribution in [0.3, 0.4) is 0 Å². The van der Waals surface area contributed by atoms with Crippen molar-refractivity contribution in [2.24, 2.45) is 0 Å². The minimum absolute atomic E-state index is 0.704. The van der Waals surface area contributed by atoms with Crippen LogP contribution < -0.4 is 4.90 Å². The van der Waals surface area contributed by atoms with Crippen molar-refractivity contribution < 1.29 is 0 Å². The van der Waals surface area contributed by atoms with Crippen molar-refractivity contribution in [2.75, 3.05) is 17.2 Å². The van der Waals surface area contributed by atoms with Gasteiger partial charge in [-0.1, -0.05) is 50.3 Å². The van der Waals surface area contributed by atoms with E-state index < -0.39 is 0 Å². The number of benzene rings is 1. The normalized spacial score (nSPS) is 17.8. The van der Waals surface area contributed by atoms with Gasteiger partial charge in [-0.25, -0.2) is 0 Å². The molecular weight excluding hydrogens is 274 g/mol. The second-order valence-electron chi connectivity index (χ2n) is 6.41. The third-order valence-electron chi connectivity index (χ3n) is 4.72. The van der Waals surface area contributed by atoms with E-state index in [0.29, 0.717) is 6.04 Å². The maximum atomic E-state index is 4.26. The summed E-state index contributed by atoms with van der Waals surface area (Å²) in [6, 6.07) is 9.68. The van der Waals surface area contributed by atoms with Gasteiger partial charge in [0.15, 0.2) is 0 Å². The van der Waals surface area contributed by atoms with Crippen molar-refractivity contribution in [3.05, 3.63) is 29.8 Å². The van der Waals surface area contributed by atoms with Crippen LogP contribution in [0.15, 0.2) is 24.3 Å². The first-order valence-corrected chi connectivity index (χ1v) is 9.41. The number of anilines is 1. The summed E-state index contributed by atoms with van der Waals surface area (Å²) in [5.74, 6) is 1.05. The van der Waals surface area contributed by atoms with Crippen LogP contribution in [0.1, 0.15) is 63.9 Å². The van der Waals surface area contributed by atoms with Crippen molar-refractivity contribution in [3.8, 4) is 0 Å². The van der Waals surface area contributed by atoms with Crippen LogP contribution in [-0.2, 0) is 6.42 Å². The summed E-state index contributed by atoms with van der Waals surface area (Å²) in [4.78, 5) is 2.64. The van der Waals surface area contributed by atoms with Gasteiger partial charge in [-0.05, 0) is 50.0 Å². The molecule has 1 aliphatic rings. The van der Waals surface area contributed by atoms with Crippen molar-refractivity contribution in [2.45, 2.75) is 70.8 Å². The maximum absolute atomic E-state index is 4.26. The standard InChI is InChI=1S/C19H31NS/c1-17-13-14-18-11-7-8-12-19(18)20(17)15-9-5-3-2-4-6-10-16-21/h7-8,11-12,17,21H,2-6,9-10,13-16H2,1H3. The highest BCUT2D eigenvalue weighted by Gasteiger charge is 2.21. The smallest absolute Gasteiger partial charge is 0.0401 e. The van der Waals surface area contributed by atoms with Gasteiger partial charge in [-0.2, -0.15) is 12.6 Å². The van der Waals surface area contributed by atoms with Crippen molar-refractivity contribution in [1.29, 1.82) is 0 Å². The van der Waals surface area contributed by atoms with Gasteiger partial charge >= 0.3 is 0 Å². The quantitative estimate of drug-likeness (QED) is 0.466.